The van der Waals surface area contributed by atoms with Crippen LogP contribution in [0.3, 0.4) is 0 Å². The summed E-state index contributed by atoms with van der Waals surface area (Å²) in [5.74, 6) is -0.0261. The van der Waals surface area contributed by atoms with Crippen molar-refractivity contribution in [2.45, 2.75) is 18.4 Å². The second-order valence-electron chi connectivity index (χ2n) is 6.23. The molecule has 0 spiro atoms. The van der Waals surface area contributed by atoms with Crippen LogP contribution < -0.4 is 5.32 Å². The maximum absolute atomic E-state index is 12.5. The zero-order chi connectivity index (χ0) is 16.6. The largest absolute Gasteiger partial charge is 0.383 e. The van der Waals surface area contributed by atoms with Crippen molar-refractivity contribution in [3.63, 3.8) is 0 Å². The molecule has 0 aliphatic heterocycles. The van der Waals surface area contributed by atoms with Crippen molar-refractivity contribution in [1.29, 1.82) is 0 Å². The Bertz CT molecular complexity index is 840. The summed E-state index contributed by atoms with van der Waals surface area (Å²) in [6.07, 6.45) is 1.98. The van der Waals surface area contributed by atoms with E-state index in [1.807, 2.05) is 54.6 Å². The Morgan fingerprint density at radius 2 is 1.88 bits per heavy atom. The first-order valence-corrected chi connectivity index (χ1v) is 8.90. The lowest BCUT2D eigenvalue weighted by Gasteiger charge is -2.29. The number of nitrogens with zero attached hydrogens (tertiary/aromatic N) is 1. The molecule has 0 saturated heterocycles. The lowest BCUT2D eigenvalue weighted by molar-refractivity contribution is 0.0135. The summed E-state index contributed by atoms with van der Waals surface area (Å²) >= 11 is 1.37. The van der Waals surface area contributed by atoms with Crippen LogP contribution >= 0.6 is 11.3 Å². The van der Waals surface area contributed by atoms with E-state index >= 15 is 0 Å². The third-order valence-corrected chi connectivity index (χ3v) is 5.57. The number of para-hydroxylation sites is 1. The number of fused-ring (bicyclic) bond motifs is 1. The molecule has 0 bridgehead atoms. The molecule has 1 saturated carbocycles. The van der Waals surface area contributed by atoms with Gasteiger partial charge in [-0.15, -0.1) is 11.3 Å². The van der Waals surface area contributed by atoms with Gasteiger partial charge in [-0.3, -0.25) is 4.79 Å². The van der Waals surface area contributed by atoms with Crippen LogP contribution in [0.25, 0.3) is 10.2 Å². The van der Waals surface area contributed by atoms with Crippen molar-refractivity contribution >= 4 is 27.5 Å². The van der Waals surface area contributed by atoms with Crippen LogP contribution in [0, 0.1) is 5.92 Å². The van der Waals surface area contributed by atoms with Crippen LogP contribution in [0.15, 0.2) is 54.6 Å². The zero-order valence-corrected chi connectivity index (χ0v) is 13.9. The third-order valence-electron chi connectivity index (χ3n) is 4.53. The van der Waals surface area contributed by atoms with Gasteiger partial charge in [0.2, 0.25) is 0 Å². The minimum absolute atomic E-state index is 0.204. The number of nitrogens with one attached hydrogen (secondary N) is 1. The molecule has 1 aliphatic rings. The normalized spacial score (nSPS) is 16.7. The van der Waals surface area contributed by atoms with Crippen LogP contribution in [0.1, 0.15) is 28.2 Å². The number of amides is 1. The average Bonchev–Trinajstić information content (AvgIpc) is 3.39. The molecule has 1 atom stereocenters. The lowest BCUT2D eigenvalue weighted by Crippen LogP contribution is -2.42. The zero-order valence-electron chi connectivity index (χ0n) is 13.1. The van der Waals surface area contributed by atoms with Crippen LogP contribution in [0.5, 0.6) is 0 Å². The number of hydrogen-bond acceptors (Lipinski definition) is 4. The smallest absolute Gasteiger partial charge is 0.280 e. The number of rotatable bonds is 5. The molecule has 2 N–H and O–H groups in total. The number of carbonyl (C=O) groups is 1. The first-order chi connectivity index (χ1) is 11.7. The molecular formula is C19H18N2O2S. The number of aromatic nitrogens is 1. The van der Waals surface area contributed by atoms with Gasteiger partial charge in [-0.25, -0.2) is 4.98 Å². The van der Waals surface area contributed by atoms with Gasteiger partial charge in [-0.05, 0) is 36.5 Å². The Kier molecular flexibility index (Phi) is 3.82. The summed E-state index contributed by atoms with van der Waals surface area (Å²) in [5.41, 5.74) is 0.679. The van der Waals surface area contributed by atoms with Crippen molar-refractivity contribution in [3.05, 3.63) is 65.2 Å². The van der Waals surface area contributed by atoms with E-state index in [0.29, 0.717) is 5.01 Å². The minimum Gasteiger partial charge on any atom is -0.383 e. The predicted octanol–water partition coefficient (Wildman–Crippen LogP) is 3.32. The fourth-order valence-corrected chi connectivity index (χ4v) is 3.91. The maximum Gasteiger partial charge on any atom is 0.280 e. The predicted molar refractivity (Wildman–Crippen MR) is 95.0 cm³/mol. The van der Waals surface area contributed by atoms with Gasteiger partial charge in [0.15, 0.2) is 5.01 Å². The first-order valence-electron chi connectivity index (χ1n) is 8.08. The van der Waals surface area contributed by atoms with Crippen molar-refractivity contribution in [2.75, 3.05) is 6.54 Å². The fourth-order valence-electron chi connectivity index (χ4n) is 3.03. The summed E-state index contributed by atoms with van der Waals surface area (Å²) < 4.78 is 0.989. The molecular weight excluding hydrogens is 320 g/mol. The highest BCUT2D eigenvalue weighted by Gasteiger charge is 2.45. The Balaban J connectivity index is 1.53. The highest BCUT2D eigenvalue weighted by molar-refractivity contribution is 7.20. The van der Waals surface area contributed by atoms with E-state index in [1.54, 1.807) is 0 Å². The van der Waals surface area contributed by atoms with Gasteiger partial charge in [-0.2, -0.15) is 0 Å². The van der Waals surface area contributed by atoms with E-state index in [4.69, 9.17) is 0 Å². The Morgan fingerprint density at radius 3 is 2.58 bits per heavy atom. The Morgan fingerprint density at radius 1 is 1.17 bits per heavy atom. The van der Waals surface area contributed by atoms with Crippen LogP contribution in [-0.4, -0.2) is 22.5 Å². The van der Waals surface area contributed by atoms with E-state index in [9.17, 15) is 9.90 Å². The van der Waals surface area contributed by atoms with E-state index in [1.165, 1.54) is 11.3 Å². The number of hydrogen-bond donors (Lipinski definition) is 2. The molecule has 24 heavy (non-hydrogen) atoms. The van der Waals surface area contributed by atoms with Gasteiger partial charge in [-0.1, -0.05) is 42.5 Å². The standard InChI is InChI=1S/C19H18N2O2S/c22-17(18-21-15-8-4-5-9-16(15)24-18)20-12-19(23,14-10-11-14)13-6-2-1-3-7-13/h1-9,14,23H,10-12H2,(H,20,22)/t19-/m0/s1. The highest BCUT2D eigenvalue weighted by Crippen LogP contribution is 2.45. The molecule has 1 fully saturated rings. The summed E-state index contributed by atoms with van der Waals surface area (Å²) in [6.45, 7) is 0.205. The summed E-state index contributed by atoms with van der Waals surface area (Å²) in [6, 6.07) is 17.3. The van der Waals surface area contributed by atoms with Crippen molar-refractivity contribution in [1.82, 2.24) is 10.3 Å². The van der Waals surface area contributed by atoms with E-state index in [-0.39, 0.29) is 18.4 Å². The topological polar surface area (TPSA) is 62.2 Å². The Labute approximate surface area is 144 Å². The SMILES string of the molecule is O=C(NC[C@](O)(c1ccccc1)C1CC1)c1nc2ccccc2s1. The van der Waals surface area contributed by atoms with Crippen LogP contribution in [0.2, 0.25) is 0 Å². The quantitative estimate of drug-likeness (QED) is 0.750. The van der Waals surface area contributed by atoms with E-state index in [2.05, 4.69) is 10.3 Å². The molecule has 4 nitrogen and oxygen atoms in total. The van der Waals surface area contributed by atoms with Gasteiger partial charge in [0.25, 0.3) is 5.91 Å². The monoisotopic (exact) mass is 338 g/mol. The highest BCUT2D eigenvalue weighted by atomic mass is 32.1. The molecule has 0 radical (unpaired) electrons. The number of carbonyl (C=O) groups excluding carboxylic acids is 1. The molecule has 5 heteroatoms. The summed E-state index contributed by atoms with van der Waals surface area (Å²) in [5, 5.41) is 14.4. The van der Waals surface area contributed by atoms with Gasteiger partial charge < -0.3 is 10.4 Å². The molecule has 3 aromatic rings. The molecule has 1 aromatic heterocycles. The molecule has 1 amide bonds. The van der Waals surface area contributed by atoms with Gasteiger partial charge >= 0.3 is 0 Å². The second kappa shape index (κ2) is 6.00. The lowest BCUT2D eigenvalue weighted by atomic mass is 9.88. The number of aliphatic hydroxyl groups is 1. The maximum atomic E-state index is 12.5. The van der Waals surface area contributed by atoms with Gasteiger partial charge in [0, 0.05) is 0 Å². The van der Waals surface area contributed by atoms with E-state index in [0.717, 1.165) is 28.6 Å². The van der Waals surface area contributed by atoms with Crippen LogP contribution in [0.4, 0.5) is 0 Å². The van der Waals surface area contributed by atoms with Crippen molar-refractivity contribution in [3.8, 4) is 0 Å². The van der Waals surface area contributed by atoms with Gasteiger partial charge in [0.05, 0.1) is 16.8 Å². The molecule has 4 rings (SSSR count). The number of thiazole rings is 1. The Hall–Kier alpha value is -2.24. The van der Waals surface area contributed by atoms with E-state index < -0.39 is 5.60 Å². The molecule has 1 aliphatic carbocycles. The average molecular weight is 338 g/mol. The van der Waals surface area contributed by atoms with Crippen molar-refractivity contribution in [2.24, 2.45) is 5.92 Å². The van der Waals surface area contributed by atoms with Gasteiger partial charge in [0.1, 0.15) is 5.60 Å². The molecule has 1 heterocycles. The van der Waals surface area contributed by atoms with Crippen LogP contribution in [-0.2, 0) is 5.60 Å². The molecule has 2 aromatic carbocycles. The summed E-state index contributed by atoms with van der Waals surface area (Å²) in [7, 11) is 0. The first kappa shape index (κ1) is 15.3. The second-order valence-corrected chi connectivity index (χ2v) is 7.26. The minimum atomic E-state index is -1.01. The molecule has 0 unspecified atom stereocenters. The summed E-state index contributed by atoms with van der Waals surface area (Å²) in [4.78, 5) is 16.8. The van der Waals surface area contributed by atoms with Crippen molar-refractivity contribution < 1.29 is 9.90 Å². The third kappa shape index (κ3) is 2.81. The number of benzene rings is 2. The fraction of sp³-hybridized carbons (Fsp3) is 0.263. The molecule has 122 valence electrons.